The van der Waals surface area contributed by atoms with Crippen molar-refractivity contribution in [1.82, 2.24) is 24.3 Å². The van der Waals surface area contributed by atoms with E-state index < -0.39 is 0 Å². The van der Waals surface area contributed by atoms with Gasteiger partial charge in [-0.3, -0.25) is 0 Å². The van der Waals surface area contributed by atoms with E-state index in [9.17, 15) is 0 Å². The molecule has 1 fully saturated rings. The van der Waals surface area contributed by atoms with Gasteiger partial charge >= 0.3 is 0 Å². The molecular formula is C16H17N5O. The van der Waals surface area contributed by atoms with Gasteiger partial charge in [0.15, 0.2) is 5.82 Å². The normalized spacial score (nSPS) is 14.2. The van der Waals surface area contributed by atoms with E-state index in [1.807, 2.05) is 42.0 Å². The highest BCUT2D eigenvalue weighted by Gasteiger charge is 2.28. The first kappa shape index (κ1) is 13.1. The van der Waals surface area contributed by atoms with Gasteiger partial charge in [-0.15, -0.1) is 10.2 Å². The van der Waals surface area contributed by atoms with Crippen molar-refractivity contribution in [2.24, 2.45) is 0 Å². The van der Waals surface area contributed by atoms with E-state index in [-0.39, 0.29) is 0 Å². The molecule has 22 heavy (non-hydrogen) atoms. The van der Waals surface area contributed by atoms with Crippen LogP contribution in [0.4, 0.5) is 0 Å². The minimum Gasteiger partial charge on any atom is -0.486 e. The number of imidazole rings is 1. The van der Waals surface area contributed by atoms with E-state index in [1.54, 1.807) is 12.5 Å². The van der Waals surface area contributed by atoms with Crippen LogP contribution in [0, 0.1) is 6.92 Å². The van der Waals surface area contributed by atoms with Crippen molar-refractivity contribution in [3.8, 4) is 11.4 Å². The quantitative estimate of drug-likeness (QED) is 0.726. The first-order chi connectivity index (χ1) is 10.8. The summed E-state index contributed by atoms with van der Waals surface area (Å²) in [5.74, 6) is 2.68. The Kier molecular flexibility index (Phi) is 3.14. The van der Waals surface area contributed by atoms with E-state index in [2.05, 4.69) is 19.7 Å². The maximum atomic E-state index is 5.91. The SMILES string of the molecule is Cc1nnc(COc2cccc(-n3ccnc3)c2)n1C1CC1. The number of ether oxygens (including phenoxy) is 1. The van der Waals surface area contributed by atoms with E-state index in [0.29, 0.717) is 12.6 Å². The first-order valence-corrected chi connectivity index (χ1v) is 7.43. The van der Waals surface area contributed by atoms with Crippen LogP contribution in [0.25, 0.3) is 5.69 Å². The molecule has 0 unspecified atom stereocenters. The van der Waals surface area contributed by atoms with Crippen LogP contribution in [-0.2, 0) is 6.61 Å². The number of aryl methyl sites for hydroxylation is 1. The summed E-state index contributed by atoms with van der Waals surface area (Å²) in [6.07, 6.45) is 7.86. The molecule has 6 nitrogen and oxygen atoms in total. The number of aromatic nitrogens is 5. The molecule has 0 N–H and O–H groups in total. The molecule has 0 bridgehead atoms. The molecule has 3 aromatic rings. The summed E-state index contributed by atoms with van der Waals surface area (Å²) in [6, 6.07) is 8.50. The zero-order valence-corrected chi connectivity index (χ0v) is 12.4. The Morgan fingerprint density at radius 1 is 1.27 bits per heavy atom. The van der Waals surface area contributed by atoms with Gasteiger partial charge in [0.25, 0.3) is 0 Å². The number of benzene rings is 1. The van der Waals surface area contributed by atoms with Gasteiger partial charge in [0.1, 0.15) is 18.2 Å². The van der Waals surface area contributed by atoms with Crippen molar-refractivity contribution in [2.45, 2.75) is 32.4 Å². The Hall–Kier alpha value is -2.63. The molecule has 0 radical (unpaired) electrons. The summed E-state index contributed by atoms with van der Waals surface area (Å²) >= 11 is 0. The van der Waals surface area contributed by atoms with Crippen LogP contribution in [0.15, 0.2) is 43.0 Å². The fourth-order valence-electron chi connectivity index (χ4n) is 2.61. The minimum absolute atomic E-state index is 0.435. The van der Waals surface area contributed by atoms with Gasteiger partial charge < -0.3 is 13.9 Å². The first-order valence-electron chi connectivity index (χ1n) is 7.43. The van der Waals surface area contributed by atoms with E-state index in [1.165, 1.54) is 12.8 Å². The Bertz CT molecular complexity index is 774. The third kappa shape index (κ3) is 2.47. The van der Waals surface area contributed by atoms with Gasteiger partial charge in [-0.05, 0) is 31.9 Å². The number of nitrogens with zero attached hydrogens (tertiary/aromatic N) is 5. The van der Waals surface area contributed by atoms with E-state index >= 15 is 0 Å². The molecule has 2 aromatic heterocycles. The van der Waals surface area contributed by atoms with Gasteiger partial charge in [0.2, 0.25) is 0 Å². The fraction of sp³-hybridized carbons (Fsp3) is 0.312. The average molecular weight is 295 g/mol. The third-order valence-electron chi connectivity index (χ3n) is 3.84. The molecule has 0 aliphatic heterocycles. The summed E-state index contributed by atoms with van der Waals surface area (Å²) in [5, 5.41) is 8.41. The predicted octanol–water partition coefficient (Wildman–Crippen LogP) is 2.69. The lowest BCUT2D eigenvalue weighted by molar-refractivity contribution is 0.288. The van der Waals surface area contributed by atoms with Crippen LogP contribution in [-0.4, -0.2) is 24.3 Å². The van der Waals surface area contributed by atoms with Gasteiger partial charge in [0.05, 0.1) is 12.0 Å². The highest BCUT2D eigenvalue weighted by atomic mass is 16.5. The molecule has 0 saturated heterocycles. The zero-order valence-electron chi connectivity index (χ0n) is 12.4. The molecule has 0 spiro atoms. The van der Waals surface area contributed by atoms with Crippen molar-refractivity contribution in [2.75, 3.05) is 0 Å². The van der Waals surface area contributed by atoms with Crippen LogP contribution < -0.4 is 4.74 Å². The summed E-state index contributed by atoms with van der Waals surface area (Å²) in [4.78, 5) is 4.06. The summed E-state index contributed by atoms with van der Waals surface area (Å²) in [6.45, 7) is 2.43. The second kappa shape index (κ2) is 5.29. The minimum atomic E-state index is 0.435. The Labute approximate surface area is 128 Å². The molecule has 1 aliphatic carbocycles. The molecule has 4 rings (SSSR count). The van der Waals surface area contributed by atoms with Gasteiger partial charge in [-0.2, -0.15) is 0 Å². The van der Waals surface area contributed by atoms with Crippen molar-refractivity contribution in [3.63, 3.8) is 0 Å². The largest absolute Gasteiger partial charge is 0.486 e. The third-order valence-corrected chi connectivity index (χ3v) is 3.84. The van der Waals surface area contributed by atoms with E-state index in [4.69, 9.17) is 4.74 Å². The topological polar surface area (TPSA) is 57.8 Å². The lowest BCUT2D eigenvalue weighted by atomic mass is 10.3. The predicted molar refractivity (Wildman–Crippen MR) is 80.9 cm³/mol. The Balaban J connectivity index is 1.51. The van der Waals surface area contributed by atoms with Crippen molar-refractivity contribution < 1.29 is 4.74 Å². The molecule has 0 atom stereocenters. The van der Waals surface area contributed by atoms with Crippen molar-refractivity contribution >= 4 is 0 Å². The molecule has 1 saturated carbocycles. The molecule has 112 valence electrons. The summed E-state index contributed by atoms with van der Waals surface area (Å²) in [7, 11) is 0. The second-order valence-electron chi connectivity index (χ2n) is 5.52. The summed E-state index contributed by atoms with van der Waals surface area (Å²) in [5.41, 5.74) is 1.02. The smallest absolute Gasteiger partial charge is 0.171 e. The molecule has 1 aromatic carbocycles. The monoisotopic (exact) mass is 295 g/mol. The number of hydrogen-bond donors (Lipinski definition) is 0. The fourth-order valence-corrected chi connectivity index (χ4v) is 2.61. The van der Waals surface area contributed by atoms with Gasteiger partial charge in [-0.1, -0.05) is 6.07 Å². The lowest BCUT2D eigenvalue weighted by Gasteiger charge is -2.10. The Morgan fingerprint density at radius 2 is 2.18 bits per heavy atom. The number of rotatable bonds is 5. The standard InChI is InChI=1S/C16H17N5O/c1-12-18-19-16(21(12)13-5-6-13)10-22-15-4-2-3-14(9-15)20-8-7-17-11-20/h2-4,7-9,11,13H,5-6,10H2,1H3. The second-order valence-corrected chi connectivity index (χ2v) is 5.52. The Morgan fingerprint density at radius 3 is 2.95 bits per heavy atom. The molecular weight excluding hydrogens is 278 g/mol. The van der Waals surface area contributed by atoms with Crippen LogP contribution >= 0.6 is 0 Å². The maximum Gasteiger partial charge on any atom is 0.171 e. The van der Waals surface area contributed by atoms with E-state index in [0.717, 1.165) is 23.1 Å². The van der Waals surface area contributed by atoms with Crippen molar-refractivity contribution in [1.29, 1.82) is 0 Å². The van der Waals surface area contributed by atoms with Gasteiger partial charge in [-0.25, -0.2) is 4.98 Å². The summed E-state index contributed by atoms with van der Waals surface area (Å²) < 4.78 is 10.0. The van der Waals surface area contributed by atoms with Crippen molar-refractivity contribution in [3.05, 3.63) is 54.6 Å². The molecule has 1 aliphatic rings. The molecule has 0 amide bonds. The number of hydrogen-bond acceptors (Lipinski definition) is 4. The maximum absolute atomic E-state index is 5.91. The van der Waals surface area contributed by atoms with Gasteiger partial charge in [0, 0.05) is 24.5 Å². The average Bonchev–Trinajstić information content (AvgIpc) is 3.09. The van der Waals surface area contributed by atoms with Crippen LogP contribution in [0.1, 0.15) is 30.5 Å². The zero-order chi connectivity index (χ0) is 14.9. The lowest BCUT2D eigenvalue weighted by Crippen LogP contribution is -2.07. The highest BCUT2D eigenvalue weighted by Crippen LogP contribution is 2.36. The molecule has 2 heterocycles. The van der Waals surface area contributed by atoms with Crippen LogP contribution in [0.3, 0.4) is 0 Å². The van der Waals surface area contributed by atoms with Crippen LogP contribution in [0.2, 0.25) is 0 Å². The highest BCUT2D eigenvalue weighted by molar-refractivity contribution is 5.39. The molecule has 6 heteroatoms. The van der Waals surface area contributed by atoms with Crippen LogP contribution in [0.5, 0.6) is 5.75 Å².